The second-order valence-corrected chi connectivity index (χ2v) is 3.04. The maximum atomic E-state index is 10.6. The zero-order valence-corrected chi connectivity index (χ0v) is 6.89. The summed E-state index contributed by atoms with van der Waals surface area (Å²) in [4.78, 5) is 10.4. The summed E-state index contributed by atoms with van der Waals surface area (Å²) in [6.45, 7) is 0. The molecule has 0 heterocycles. The molecule has 10 heavy (non-hydrogen) atoms. The molecule has 0 saturated heterocycles. The van der Waals surface area contributed by atoms with Crippen LogP contribution in [-0.4, -0.2) is 26.4 Å². The van der Waals surface area contributed by atoms with E-state index in [9.17, 15) is 9.36 Å². The third-order valence-electron chi connectivity index (χ3n) is 0.930. The standard InChI is InChI=1S/C5H10O4P/c1-8-5(6)3-4-10(7)9-2/h3-4H2,1-2H3/q+1. The number of hydrogen-bond donors (Lipinski definition) is 0. The average Bonchev–Trinajstić information content (AvgIpc) is 1.99. The molecule has 0 spiro atoms. The minimum Gasteiger partial charge on any atom is -0.469 e. The van der Waals surface area contributed by atoms with Crippen LogP contribution >= 0.6 is 8.03 Å². The molecular weight excluding hydrogens is 155 g/mol. The lowest BCUT2D eigenvalue weighted by Crippen LogP contribution is -2.00. The monoisotopic (exact) mass is 165 g/mol. The van der Waals surface area contributed by atoms with Gasteiger partial charge in [0.25, 0.3) is 0 Å². The van der Waals surface area contributed by atoms with Crippen LogP contribution in [0.2, 0.25) is 0 Å². The van der Waals surface area contributed by atoms with Crippen molar-refractivity contribution in [1.29, 1.82) is 0 Å². The van der Waals surface area contributed by atoms with Gasteiger partial charge in [0, 0.05) is 0 Å². The van der Waals surface area contributed by atoms with Crippen LogP contribution in [0.3, 0.4) is 0 Å². The van der Waals surface area contributed by atoms with Crippen LogP contribution in [0.25, 0.3) is 0 Å². The minimum absolute atomic E-state index is 0.152. The van der Waals surface area contributed by atoms with Crippen molar-refractivity contribution in [3.8, 4) is 0 Å². The highest BCUT2D eigenvalue weighted by Crippen LogP contribution is 2.20. The Labute approximate surface area is 60.4 Å². The van der Waals surface area contributed by atoms with Gasteiger partial charge in [0.05, 0.1) is 20.6 Å². The summed E-state index contributed by atoms with van der Waals surface area (Å²) in [6.07, 6.45) is 0.387. The molecule has 4 nitrogen and oxygen atoms in total. The highest BCUT2D eigenvalue weighted by atomic mass is 31.1. The van der Waals surface area contributed by atoms with E-state index in [4.69, 9.17) is 0 Å². The first-order chi connectivity index (χ1) is 4.70. The van der Waals surface area contributed by atoms with Crippen molar-refractivity contribution in [3.05, 3.63) is 0 Å². The number of carbonyl (C=O) groups excluding carboxylic acids is 1. The summed E-state index contributed by atoms with van der Waals surface area (Å²) >= 11 is 0. The van der Waals surface area contributed by atoms with Gasteiger partial charge in [-0.25, -0.2) is 0 Å². The van der Waals surface area contributed by atoms with Gasteiger partial charge in [-0.15, -0.1) is 4.52 Å². The molecule has 1 atom stereocenters. The zero-order chi connectivity index (χ0) is 7.98. The highest BCUT2D eigenvalue weighted by molar-refractivity contribution is 7.39. The van der Waals surface area contributed by atoms with E-state index in [1.807, 2.05) is 0 Å². The van der Waals surface area contributed by atoms with Gasteiger partial charge in [0.1, 0.15) is 0 Å². The first-order valence-corrected chi connectivity index (χ1v) is 4.12. The van der Waals surface area contributed by atoms with E-state index in [1.54, 1.807) is 0 Å². The van der Waals surface area contributed by atoms with Crippen molar-refractivity contribution in [3.63, 3.8) is 0 Å². The molecule has 0 aromatic heterocycles. The van der Waals surface area contributed by atoms with E-state index in [-0.39, 0.29) is 18.6 Å². The molecule has 0 aliphatic heterocycles. The molecule has 1 unspecified atom stereocenters. The maximum Gasteiger partial charge on any atom is 0.508 e. The van der Waals surface area contributed by atoms with Crippen molar-refractivity contribution in [2.75, 3.05) is 20.4 Å². The van der Waals surface area contributed by atoms with E-state index in [0.717, 1.165) is 0 Å². The Morgan fingerprint density at radius 2 is 2.10 bits per heavy atom. The second-order valence-electron chi connectivity index (χ2n) is 1.57. The topological polar surface area (TPSA) is 52.6 Å². The Morgan fingerprint density at radius 3 is 2.50 bits per heavy atom. The lowest BCUT2D eigenvalue weighted by Gasteiger charge is -1.89. The van der Waals surface area contributed by atoms with E-state index in [2.05, 4.69) is 9.26 Å². The van der Waals surface area contributed by atoms with Crippen molar-refractivity contribution in [2.45, 2.75) is 6.42 Å². The number of methoxy groups -OCH3 is 1. The molecular formula is C5H10O4P+. The maximum absolute atomic E-state index is 10.6. The first kappa shape index (κ1) is 9.53. The summed E-state index contributed by atoms with van der Waals surface area (Å²) < 4.78 is 19.3. The number of carbonyl (C=O) groups is 1. The smallest absolute Gasteiger partial charge is 0.469 e. The Hall–Kier alpha value is -0.470. The normalized spacial score (nSPS) is 10.8. The first-order valence-electron chi connectivity index (χ1n) is 2.76. The molecule has 5 heteroatoms. The van der Waals surface area contributed by atoms with Crippen LogP contribution < -0.4 is 0 Å². The Kier molecular flexibility index (Phi) is 5.08. The minimum atomic E-state index is -1.67. The lowest BCUT2D eigenvalue weighted by molar-refractivity contribution is -0.140. The summed E-state index contributed by atoms with van der Waals surface area (Å²) in [5, 5.41) is 0. The third kappa shape index (κ3) is 4.41. The average molecular weight is 165 g/mol. The van der Waals surface area contributed by atoms with Crippen molar-refractivity contribution in [1.82, 2.24) is 0 Å². The van der Waals surface area contributed by atoms with Gasteiger partial charge in [0.2, 0.25) is 0 Å². The molecule has 0 aliphatic carbocycles. The summed E-state index contributed by atoms with van der Waals surface area (Å²) in [5.41, 5.74) is 0. The number of rotatable bonds is 4. The molecule has 0 fully saturated rings. The summed E-state index contributed by atoms with van der Waals surface area (Å²) in [5.74, 6) is -0.361. The predicted molar refractivity (Wildman–Crippen MR) is 36.1 cm³/mol. The zero-order valence-electron chi connectivity index (χ0n) is 5.99. The fourth-order valence-electron chi connectivity index (χ4n) is 0.376. The van der Waals surface area contributed by atoms with E-state index >= 15 is 0 Å². The molecule has 0 rings (SSSR count). The number of hydrogen-bond acceptors (Lipinski definition) is 4. The Morgan fingerprint density at radius 1 is 1.50 bits per heavy atom. The quantitative estimate of drug-likeness (QED) is 0.459. The van der Waals surface area contributed by atoms with E-state index in [1.165, 1.54) is 14.2 Å². The lowest BCUT2D eigenvalue weighted by atomic mass is 10.5. The molecule has 0 aliphatic rings. The molecule has 0 amide bonds. The molecule has 0 saturated carbocycles. The van der Waals surface area contributed by atoms with Crippen LogP contribution in [-0.2, 0) is 18.6 Å². The summed E-state index contributed by atoms with van der Waals surface area (Å²) in [6, 6.07) is 0. The Balaban J connectivity index is 3.35. The fraction of sp³-hybridized carbons (Fsp3) is 0.800. The van der Waals surface area contributed by atoms with Gasteiger partial charge in [-0.1, -0.05) is 0 Å². The molecule has 0 N–H and O–H groups in total. The molecule has 0 radical (unpaired) electrons. The third-order valence-corrected chi connectivity index (χ3v) is 1.93. The van der Waals surface area contributed by atoms with Gasteiger partial charge in [-0.05, 0) is 4.57 Å². The van der Waals surface area contributed by atoms with E-state index < -0.39 is 8.03 Å². The van der Waals surface area contributed by atoms with Gasteiger partial charge >= 0.3 is 14.0 Å². The number of ether oxygens (including phenoxy) is 1. The van der Waals surface area contributed by atoms with Crippen molar-refractivity contribution in [2.24, 2.45) is 0 Å². The van der Waals surface area contributed by atoms with Crippen LogP contribution in [0.5, 0.6) is 0 Å². The molecule has 0 bridgehead atoms. The van der Waals surface area contributed by atoms with Crippen molar-refractivity contribution >= 4 is 14.0 Å². The highest BCUT2D eigenvalue weighted by Gasteiger charge is 2.16. The summed E-state index contributed by atoms with van der Waals surface area (Å²) in [7, 11) is 0.970. The van der Waals surface area contributed by atoms with Crippen LogP contribution in [0.1, 0.15) is 6.42 Å². The van der Waals surface area contributed by atoms with Gasteiger partial charge < -0.3 is 4.74 Å². The second kappa shape index (κ2) is 5.33. The van der Waals surface area contributed by atoms with Crippen LogP contribution in [0.4, 0.5) is 0 Å². The van der Waals surface area contributed by atoms with Crippen LogP contribution in [0.15, 0.2) is 0 Å². The predicted octanol–water partition coefficient (Wildman–Crippen LogP) is 0.938. The SMILES string of the molecule is COC(=O)CC[P+](=O)OC. The molecule has 0 aromatic rings. The van der Waals surface area contributed by atoms with Gasteiger partial charge in [-0.3, -0.25) is 4.79 Å². The molecule has 0 aromatic carbocycles. The van der Waals surface area contributed by atoms with E-state index in [0.29, 0.717) is 0 Å². The van der Waals surface area contributed by atoms with Crippen molar-refractivity contribution < 1.29 is 18.6 Å². The van der Waals surface area contributed by atoms with Gasteiger partial charge in [0.15, 0.2) is 6.16 Å². The Bertz CT molecular complexity index is 118. The fourth-order valence-corrected chi connectivity index (χ4v) is 0.924. The van der Waals surface area contributed by atoms with Gasteiger partial charge in [-0.2, -0.15) is 0 Å². The molecule has 58 valence electrons. The van der Waals surface area contributed by atoms with Crippen LogP contribution in [0, 0.1) is 0 Å². The largest absolute Gasteiger partial charge is 0.508 e. The number of esters is 1.